The molecule has 0 saturated carbocycles. The van der Waals surface area contributed by atoms with Crippen LogP contribution in [-0.2, 0) is 11.8 Å². The molecule has 0 spiro atoms. The van der Waals surface area contributed by atoms with Crippen molar-refractivity contribution in [3.05, 3.63) is 23.0 Å². The summed E-state index contributed by atoms with van der Waals surface area (Å²) in [6, 6.07) is 2.19. The smallest absolute Gasteiger partial charge is 0.135 e. The fourth-order valence-corrected chi connectivity index (χ4v) is 2.36. The molecule has 0 atom stereocenters. The lowest BCUT2D eigenvalue weighted by atomic mass is 9.96. The largest absolute Gasteiger partial charge is 0.240 e. The van der Waals surface area contributed by atoms with Gasteiger partial charge in [0.25, 0.3) is 0 Å². The second-order valence-corrected chi connectivity index (χ2v) is 5.89. The van der Waals surface area contributed by atoms with E-state index >= 15 is 0 Å². The molecule has 0 fully saturated rings. The Labute approximate surface area is 94.4 Å². The predicted molar refractivity (Wildman–Crippen MR) is 65.5 cm³/mol. The standard InChI is InChI=1S/C12H16N2S/c1-5-9-6-8-7-13-11(12(2,3)4)14-10(8)15-9/h6-7H,5H2,1-4H3. The van der Waals surface area contributed by atoms with Crippen molar-refractivity contribution in [1.82, 2.24) is 9.97 Å². The van der Waals surface area contributed by atoms with Crippen molar-refractivity contribution in [3.63, 3.8) is 0 Å². The highest BCUT2D eigenvalue weighted by Gasteiger charge is 2.17. The van der Waals surface area contributed by atoms with E-state index in [0.717, 1.165) is 17.1 Å². The molecule has 0 N–H and O–H groups in total. The highest BCUT2D eigenvalue weighted by molar-refractivity contribution is 7.18. The number of hydrogen-bond acceptors (Lipinski definition) is 3. The Hall–Kier alpha value is -0.960. The number of aromatic nitrogens is 2. The van der Waals surface area contributed by atoms with Gasteiger partial charge < -0.3 is 0 Å². The number of rotatable bonds is 1. The molecule has 2 heterocycles. The minimum absolute atomic E-state index is 0.0323. The quantitative estimate of drug-likeness (QED) is 0.734. The van der Waals surface area contributed by atoms with E-state index < -0.39 is 0 Å². The Morgan fingerprint density at radius 1 is 1.33 bits per heavy atom. The normalized spacial score (nSPS) is 12.3. The van der Waals surface area contributed by atoms with Crippen LogP contribution in [0.2, 0.25) is 0 Å². The third kappa shape index (κ3) is 2.02. The van der Waals surface area contributed by atoms with Gasteiger partial charge in [-0.2, -0.15) is 0 Å². The third-order valence-corrected chi connectivity index (χ3v) is 3.53. The van der Waals surface area contributed by atoms with Crippen molar-refractivity contribution in [3.8, 4) is 0 Å². The van der Waals surface area contributed by atoms with E-state index in [1.165, 1.54) is 10.3 Å². The van der Waals surface area contributed by atoms with E-state index in [1.807, 2.05) is 6.20 Å². The summed E-state index contributed by atoms with van der Waals surface area (Å²) >= 11 is 1.78. The van der Waals surface area contributed by atoms with Crippen molar-refractivity contribution in [2.45, 2.75) is 39.5 Å². The van der Waals surface area contributed by atoms with Crippen LogP contribution in [0.5, 0.6) is 0 Å². The molecule has 0 aliphatic heterocycles. The molecule has 0 amide bonds. The molecule has 3 heteroatoms. The van der Waals surface area contributed by atoms with Crippen LogP contribution in [0.25, 0.3) is 10.2 Å². The van der Waals surface area contributed by atoms with Gasteiger partial charge in [-0.15, -0.1) is 11.3 Å². The van der Waals surface area contributed by atoms with Gasteiger partial charge in [0.1, 0.15) is 10.7 Å². The molecule has 2 rings (SSSR count). The van der Waals surface area contributed by atoms with Gasteiger partial charge in [-0.1, -0.05) is 27.7 Å². The molecular weight excluding hydrogens is 204 g/mol. The number of fused-ring (bicyclic) bond motifs is 1. The van der Waals surface area contributed by atoms with Crippen LogP contribution in [0.4, 0.5) is 0 Å². The number of nitrogens with zero attached hydrogens (tertiary/aromatic N) is 2. The Balaban J connectivity index is 2.55. The van der Waals surface area contributed by atoms with Crippen LogP contribution in [0.3, 0.4) is 0 Å². The van der Waals surface area contributed by atoms with Crippen LogP contribution < -0.4 is 0 Å². The lowest BCUT2D eigenvalue weighted by Gasteiger charge is -2.15. The van der Waals surface area contributed by atoms with E-state index in [-0.39, 0.29) is 5.41 Å². The van der Waals surface area contributed by atoms with E-state index in [2.05, 4.69) is 43.7 Å². The van der Waals surface area contributed by atoms with Crippen LogP contribution in [0, 0.1) is 0 Å². The number of thiophene rings is 1. The summed E-state index contributed by atoms with van der Waals surface area (Å²) in [6.45, 7) is 8.59. The van der Waals surface area contributed by atoms with Crippen LogP contribution in [0.1, 0.15) is 38.4 Å². The summed E-state index contributed by atoms with van der Waals surface area (Å²) in [5, 5.41) is 1.17. The Kier molecular flexibility index (Phi) is 2.51. The minimum atomic E-state index is 0.0323. The molecule has 0 aliphatic carbocycles. The van der Waals surface area contributed by atoms with Gasteiger partial charge in [0, 0.05) is 21.9 Å². The van der Waals surface area contributed by atoms with Gasteiger partial charge in [0.2, 0.25) is 0 Å². The van der Waals surface area contributed by atoms with Gasteiger partial charge in [-0.25, -0.2) is 9.97 Å². The zero-order valence-electron chi connectivity index (χ0n) is 9.66. The van der Waals surface area contributed by atoms with Crippen LogP contribution >= 0.6 is 11.3 Å². The fraction of sp³-hybridized carbons (Fsp3) is 0.500. The minimum Gasteiger partial charge on any atom is -0.240 e. The summed E-state index contributed by atoms with van der Waals surface area (Å²) in [5.41, 5.74) is 0.0323. The van der Waals surface area contributed by atoms with Crippen molar-refractivity contribution in [2.75, 3.05) is 0 Å². The van der Waals surface area contributed by atoms with Crippen molar-refractivity contribution in [1.29, 1.82) is 0 Å². The summed E-state index contributed by atoms with van der Waals surface area (Å²) in [7, 11) is 0. The molecule has 0 aliphatic rings. The SMILES string of the molecule is CCc1cc2cnc(C(C)(C)C)nc2s1. The van der Waals surface area contributed by atoms with Gasteiger partial charge in [0.05, 0.1) is 0 Å². The third-order valence-electron chi connectivity index (χ3n) is 2.34. The molecule has 2 aromatic rings. The van der Waals surface area contributed by atoms with Gasteiger partial charge in [-0.3, -0.25) is 0 Å². The molecule has 2 aromatic heterocycles. The van der Waals surface area contributed by atoms with Gasteiger partial charge in [0.15, 0.2) is 0 Å². The van der Waals surface area contributed by atoms with Crippen molar-refractivity contribution in [2.24, 2.45) is 0 Å². The van der Waals surface area contributed by atoms with Crippen molar-refractivity contribution >= 4 is 21.6 Å². The molecule has 0 saturated heterocycles. The topological polar surface area (TPSA) is 25.8 Å². The highest BCUT2D eigenvalue weighted by Crippen LogP contribution is 2.26. The first-order valence-electron chi connectivity index (χ1n) is 5.26. The molecule has 0 unspecified atom stereocenters. The maximum Gasteiger partial charge on any atom is 0.135 e. The fourth-order valence-electron chi connectivity index (χ4n) is 1.42. The van der Waals surface area contributed by atoms with Crippen LogP contribution in [0.15, 0.2) is 12.3 Å². The summed E-state index contributed by atoms with van der Waals surface area (Å²) in [5.74, 6) is 0.930. The number of aryl methyl sites for hydroxylation is 1. The molecule has 80 valence electrons. The lowest BCUT2D eigenvalue weighted by molar-refractivity contribution is 0.549. The summed E-state index contributed by atoms with van der Waals surface area (Å²) < 4.78 is 0. The first-order valence-corrected chi connectivity index (χ1v) is 6.08. The predicted octanol–water partition coefficient (Wildman–Crippen LogP) is 3.55. The molecular formula is C12H16N2S. The van der Waals surface area contributed by atoms with E-state index in [0.29, 0.717) is 0 Å². The Morgan fingerprint density at radius 2 is 2.07 bits per heavy atom. The summed E-state index contributed by atoms with van der Waals surface area (Å²) in [4.78, 5) is 11.5. The van der Waals surface area contributed by atoms with Gasteiger partial charge in [-0.05, 0) is 12.5 Å². The zero-order chi connectivity index (χ0) is 11.1. The highest BCUT2D eigenvalue weighted by atomic mass is 32.1. The average Bonchev–Trinajstić information content (AvgIpc) is 2.57. The van der Waals surface area contributed by atoms with E-state index in [9.17, 15) is 0 Å². The first kappa shape index (κ1) is 10.6. The molecule has 0 bridgehead atoms. The second kappa shape index (κ2) is 3.56. The van der Waals surface area contributed by atoms with E-state index in [4.69, 9.17) is 0 Å². The zero-order valence-corrected chi connectivity index (χ0v) is 10.5. The van der Waals surface area contributed by atoms with Crippen molar-refractivity contribution < 1.29 is 0 Å². The van der Waals surface area contributed by atoms with Gasteiger partial charge >= 0.3 is 0 Å². The molecule has 2 nitrogen and oxygen atoms in total. The lowest BCUT2D eigenvalue weighted by Crippen LogP contribution is -2.15. The Morgan fingerprint density at radius 3 is 2.67 bits per heavy atom. The number of hydrogen-bond donors (Lipinski definition) is 0. The van der Waals surface area contributed by atoms with E-state index in [1.54, 1.807) is 11.3 Å². The molecule has 0 radical (unpaired) electrons. The second-order valence-electron chi connectivity index (χ2n) is 4.77. The first-order chi connectivity index (χ1) is 7.00. The molecule has 0 aromatic carbocycles. The Bertz CT molecular complexity index is 480. The maximum atomic E-state index is 4.62. The average molecular weight is 220 g/mol. The van der Waals surface area contributed by atoms with Crippen LogP contribution in [-0.4, -0.2) is 9.97 Å². The maximum absolute atomic E-state index is 4.62. The molecule has 15 heavy (non-hydrogen) atoms. The summed E-state index contributed by atoms with van der Waals surface area (Å²) in [6.07, 6.45) is 3.02. The monoisotopic (exact) mass is 220 g/mol.